The summed E-state index contributed by atoms with van der Waals surface area (Å²) in [5.41, 5.74) is 1.10. The van der Waals surface area contributed by atoms with Gasteiger partial charge in [-0.3, -0.25) is 0 Å². The lowest BCUT2D eigenvalue weighted by Crippen LogP contribution is -2.45. The Bertz CT molecular complexity index is 760. The van der Waals surface area contributed by atoms with Crippen LogP contribution < -0.4 is 14.8 Å². The summed E-state index contributed by atoms with van der Waals surface area (Å²) in [5, 5.41) is 4.45. The van der Waals surface area contributed by atoms with Crippen LogP contribution in [0.1, 0.15) is 44.1 Å². The van der Waals surface area contributed by atoms with Crippen molar-refractivity contribution in [3.05, 3.63) is 42.5 Å². The van der Waals surface area contributed by atoms with Crippen molar-refractivity contribution in [3.63, 3.8) is 0 Å². The SMILES string of the molecule is COc1ccc(CN(CCCn2ccnc2)C(=S)NC2CCCCC2)c(OC)c1. The number of hydrogen-bond donors (Lipinski definition) is 1. The van der Waals surface area contributed by atoms with Crippen molar-refractivity contribution in [2.24, 2.45) is 0 Å². The predicted octanol–water partition coefficient (Wildman–Crippen LogP) is 4.00. The van der Waals surface area contributed by atoms with Gasteiger partial charge in [0, 0.05) is 49.7 Å². The number of ether oxygens (including phenoxy) is 2. The van der Waals surface area contributed by atoms with Gasteiger partial charge in [0.1, 0.15) is 11.5 Å². The van der Waals surface area contributed by atoms with Crippen LogP contribution in [0.2, 0.25) is 0 Å². The van der Waals surface area contributed by atoms with Gasteiger partial charge >= 0.3 is 0 Å². The van der Waals surface area contributed by atoms with Gasteiger partial charge in [-0.05, 0) is 43.6 Å². The van der Waals surface area contributed by atoms with Crippen molar-refractivity contribution < 1.29 is 9.47 Å². The molecule has 0 atom stereocenters. The molecule has 1 N–H and O–H groups in total. The molecule has 1 aromatic carbocycles. The molecule has 0 spiro atoms. The fraction of sp³-hybridized carbons (Fsp3) is 0.545. The van der Waals surface area contributed by atoms with Crippen LogP contribution in [0.15, 0.2) is 36.9 Å². The molecule has 6 nitrogen and oxygen atoms in total. The van der Waals surface area contributed by atoms with Crippen LogP contribution in [0.25, 0.3) is 0 Å². The van der Waals surface area contributed by atoms with E-state index in [9.17, 15) is 0 Å². The number of aromatic nitrogens is 2. The Labute approximate surface area is 179 Å². The molecule has 0 saturated heterocycles. The van der Waals surface area contributed by atoms with Crippen LogP contribution >= 0.6 is 12.2 Å². The summed E-state index contributed by atoms with van der Waals surface area (Å²) in [6, 6.07) is 6.45. The maximum absolute atomic E-state index is 5.83. The van der Waals surface area contributed by atoms with Crippen molar-refractivity contribution in [1.82, 2.24) is 19.8 Å². The van der Waals surface area contributed by atoms with Gasteiger partial charge in [0.15, 0.2) is 5.11 Å². The van der Waals surface area contributed by atoms with E-state index in [4.69, 9.17) is 21.7 Å². The molecule has 0 bridgehead atoms. The molecule has 29 heavy (non-hydrogen) atoms. The molecule has 1 aliphatic rings. The number of nitrogens with zero attached hydrogens (tertiary/aromatic N) is 3. The molecule has 1 heterocycles. The maximum Gasteiger partial charge on any atom is 0.169 e. The van der Waals surface area contributed by atoms with Crippen LogP contribution in [-0.2, 0) is 13.1 Å². The summed E-state index contributed by atoms with van der Waals surface area (Å²) in [6.45, 7) is 2.49. The molecular weight excluding hydrogens is 384 g/mol. The van der Waals surface area contributed by atoms with Gasteiger partial charge in [0.2, 0.25) is 0 Å². The van der Waals surface area contributed by atoms with Crippen LogP contribution in [0, 0.1) is 0 Å². The Morgan fingerprint density at radius 1 is 1.24 bits per heavy atom. The fourth-order valence-corrected chi connectivity index (χ4v) is 4.14. The first-order valence-corrected chi connectivity index (χ1v) is 10.8. The first-order chi connectivity index (χ1) is 14.2. The second-order valence-electron chi connectivity index (χ2n) is 7.54. The molecule has 0 aliphatic heterocycles. The van der Waals surface area contributed by atoms with Crippen molar-refractivity contribution in [2.75, 3.05) is 20.8 Å². The molecule has 1 saturated carbocycles. The van der Waals surface area contributed by atoms with Gasteiger partial charge in [-0.2, -0.15) is 0 Å². The van der Waals surface area contributed by atoms with E-state index >= 15 is 0 Å². The molecule has 1 aromatic heterocycles. The average Bonchev–Trinajstić information content (AvgIpc) is 3.27. The first-order valence-electron chi connectivity index (χ1n) is 10.4. The molecular formula is C22H32N4O2S. The Morgan fingerprint density at radius 3 is 2.76 bits per heavy atom. The van der Waals surface area contributed by atoms with Crippen LogP contribution in [0.3, 0.4) is 0 Å². The van der Waals surface area contributed by atoms with Gasteiger partial charge in [0.25, 0.3) is 0 Å². The van der Waals surface area contributed by atoms with Crippen LogP contribution in [0.4, 0.5) is 0 Å². The fourth-order valence-electron chi connectivity index (χ4n) is 3.82. The topological polar surface area (TPSA) is 51.5 Å². The van der Waals surface area contributed by atoms with Gasteiger partial charge < -0.3 is 24.3 Å². The van der Waals surface area contributed by atoms with Gasteiger partial charge in [-0.15, -0.1) is 0 Å². The highest BCUT2D eigenvalue weighted by Gasteiger charge is 2.19. The minimum absolute atomic E-state index is 0.491. The Hall–Kier alpha value is -2.28. The molecule has 158 valence electrons. The number of aryl methyl sites for hydroxylation is 1. The molecule has 3 rings (SSSR count). The summed E-state index contributed by atoms with van der Waals surface area (Å²) in [4.78, 5) is 6.38. The lowest BCUT2D eigenvalue weighted by Gasteiger charge is -2.31. The number of thiocarbonyl (C=S) groups is 1. The average molecular weight is 417 g/mol. The van der Waals surface area contributed by atoms with E-state index in [1.165, 1.54) is 32.1 Å². The van der Waals surface area contributed by atoms with E-state index in [1.807, 2.05) is 30.9 Å². The normalized spacial score (nSPS) is 14.4. The molecule has 0 amide bonds. The monoisotopic (exact) mass is 416 g/mol. The number of methoxy groups -OCH3 is 2. The first kappa shape index (κ1) is 21.4. The highest BCUT2D eigenvalue weighted by Crippen LogP contribution is 2.26. The Morgan fingerprint density at radius 2 is 2.07 bits per heavy atom. The largest absolute Gasteiger partial charge is 0.497 e. The van der Waals surface area contributed by atoms with Crippen molar-refractivity contribution in [3.8, 4) is 11.5 Å². The minimum Gasteiger partial charge on any atom is -0.497 e. The summed E-state index contributed by atoms with van der Waals surface area (Å²) < 4.78 is 13.0. The number of hydrogen-bond acceptors (Lipinski definition) is 4. The number of imidazole rings is 1. The summed E-state index contributed by atoms with van der Waals surface area (Å²) in [7, 11) is 3.36. The van der Waals surface area contributed by atoms with Crippen LogP contribution in [0.5, 0.6) is 11.5 Å². The maximum atomic E-state index is 5.83. The number of rotatable bonds is 9. The zero-order valence-corrected chi connectivity index (χ0v) is 18.3. The molecule has 0 radical (unpaired) electrons. The van der Waals surface area contributed by atoms with Crippen LogP contribution in [-0.4, -0.2) is 46.4 Å². The van der Waals surface area contributed by atoms with Gasteiger partial charge in [-0.25, -0.2) is 4.98 Å². The van der Waals surface area contributed by atoms with E-state index in [2.05, 4.69) is 25.8 Å². The number of benzene rings is 1. The smallest absolute Gasteiger partial charge is 0.169 e. The summed E-state index contributed by atoms with van der Waals surface area (Å²) >= 11 is 5.83. The standard InChI is InChI=1S/C22H32N4O2S/c1-27-20-10-9-18(21(15-20)28-2)16-26(13-6-12-25-14-11-23-17-25)22(29)24-19-7-4-3-5-8-19/h9-11,14-15,17,19H,3-8,12-13,16H2,1-2H3,(H,24,29). The third-order valence-electron chi connectivity index (χ3n) is 5.48. The third-order valence-corrected chi connectivity index (χ3v) is 5.86. The second kappa shape index (κ2) is 11.0. The van der Waals surface area contributed by atoms with E-state index in [0.717, 1.165) is 41.7 Å². The molecule has 7 heteroatoms. The van der Waals surface area contributed by atoms with Gasteiger partial charge in [-0.1, -0.05) is 19.3 Å². The quantitative estimate of drug-likeness (QED) is 0.624. The lowest BCUT2D eigenvalue weighted by molar-refractivity contribution is 0.346. The van der Waals surface area contributed by atoms with E-state index < -0.39 is 0 Å². The molecule has 2 aromatic rings. The van der Waals surface area contributed by atoms with E-state index in [0.29, 0.717) is 12.6 Å². The van der Waals surface area contributed by atoms with Crippen molar-refractivity contribution >= 4 is 17.3 Å². The summed E-state index contributed by atoms with van der Waals surface area (Å²) in [5.74, 6) is 1.62. The zero-order valence-electron chi connectivity index (χ0n) is 17.5. The Kier molecular flexibility index (Phi) is 8.16. The van der Waals surface area contributed by atoms with Crippen molar-refractivity contribution in [1.29, 1.82) is 0 Å². The van der Waals surface area contributed by atoms with E-state index in [-0.39, 0.29) is 0 Å². The molecule has 1 fully saturated rings. The predicted molar refractivity (Wildman–Crippen MR) is 119 cm³/mol. The highest BCUT2D eigenvalue weighted by molar-refractivity contribution is 7.80. The Balaban J connectivity index is 1.67. The lowest BCUT2D eigenvalue weighted by atomic mass is 9.96. The minimum atomic E-state index is 0.491. The summed E-state index contributed by atoms with van der Waals surface area (Å²) in [6.07, 6.45) is 13.0. The van der Waals surface area contributed by atoms with E-state index in [1.54, 1.807) is 14.2 Å². The molecule has 0 unspecified atom stereocenters. The third kappa shape index (κ3) is 6.35. The molecule has 1 aliphatic carbocycles. The highest BCUT2D eigenvalue weighted by atomic mass is 32.1. The van der Waals surface area contributed by atoms with Gasteiger partial charge in [0.05, 0.1) is 20.5 Å². The zero-order chi connectivity index (χ0) is 20.5. The van der Waals surface area contributed by atoms with Crippen molar-refractivity contribution in [2.45, 2.75) is 57.7 Å². The number of nitrogens with one attached hydrogen (secondary N) is 1. The second-order valence-corrected chi connectivity index (χ2v) is 7.92.